The van der Waals surface area contributed by atoms with E-state index in [1.807, 2.05) is 4.90 Å². The number of rotatable bonds is 4. The van der Waals surface area contributed by atoms with Gasteiger partial charge in [0, 0.05) is 31.4 Å². The number of amides is 2. The molecule has 0 aromatic heterocycles. The zero-order valence-corrected chi connectivity index (χ0v) is 15.9. The molecule has 1 unspecified atom stereocenters. The second-order valence-corrected chi connectivity index (χ2v) is 7.29. The lowest BCUT2D eigenvalue weighted by Crippen LogP contribution is -2.44. The van der Waals surface area contributed by atoms with Crippen LogP contribution in [0.5, 0.6) is 0 Å². The monoisotopic (exact) mass is 379 g/mol. The second-order valence-electron chi connectivity index (χ2n) is 6.88. The van der Waals surface area contributed by atoms with Gasteiger partial charge < -0.3 is 19.9 Å². The van der Waals surface area contributed by atoms with E-state index in [9.17, 15) is 9.59 Å². The lowest BCUT2D eigenvalue weighted by molar-refractivity contribution is -0.132. The van der Waals surface area contributed by atoms with Gasteiger partial charge in [-0.3, -0.25) is 9.59 Å². The maximum absolute atomic E-state index is 12.5. The van der Waals surface area contributed by atoms with E-state index >= 15 is 0 Å². The van der Waals surface area contributed by atoms with Crippen molar-refractivity contribution in [1.29, 1.82) is 0 Å². The van der Waals surface area contributed by atoms with Crippen LogP contribution in [0.25, 0.3) is 0 Å². The summed E-state index contributed by atoms with van der Waals surface area (Å²) >= 11 is 6.32. The van der Waals surface area contributed by atoms with Gasteiger partial charge >= 0.3 is 0 Å². The Labute approximate surface area is 159 Å². The second kappa shape index (κ2) is 8.73. The van der Waals surface area contributed by atoms with E-state index in [1.165, 1.54) is 6.42 Å². The number of piperidine rings is 1. The van der Waals surface area contributed by atoms with Crippen LogP contribution in [0.2, 0.25) is 5.02 Å². The van der Waals surface area contributed by atoms with E-state index in [4.69, 9.17) is 16.3 Å². The number of ether oxygens (including phenoxy) is 1. The molecule has 2 aliphatic heterocycles. The van der Waals surface area contributed by atoms with Crippen molar-refractivity contribution >= 4 is 29.1 Å². The van der Waals surface area contributed by atoms with E-state index in [1.54, 1.807) is 23.1 Å². The lowest BCUT2D eigenvalue weighted by atomic mass is 10.0. The number of halogens is 1. The normalized spacial score (nSPS) is 20.8. The molecule has 3 rings (SSSR count). The average Bonchev–Trinajstić information content (AvgIpc) is 2.67. The average molecular weight is 380 g/mol. The molecule has 0 aliphatic carbocycles. The molecule has 1 N–H and O–H groups in total. The fourth-order valence-electron chi connectivity index (χ4n) is 3.48. The third-order valence-corrected chi connectivity index (χ3v) is 5.38. The first-order valence-corrected chi connectivity index (χ1v) is 9.64. The fourth-order valence-corrected chi connectivity index (χ4v) is 3.74. The Hall–Kier alpha value is -1.79. The predicted octanol–water partition coefficient (Wildman–Crippen LogP) is 2.63. The standard InChI is InChI=1S/C19H26ClN3O3/c1-14-4-2-3-7-23(14)18(24)13-21-15-5-6-16(17(20)12-15)19(25)22-8-10-26-11-9-22/h5-6,12,14,21H,2-4,7-11,13H2,1H3. The summed E-state index contributed by atoms with van der Waals surface area (Å²) in [5.74, 6) is 0.0184. The summed E-state index contributed by atoms with van der Waals surface area (Å²) in [5.41, 5.74) is 1.22. The smallest absolute Gasteiger partial charge is 0.255 e. The van der Waals surface area contributed by atoms with E-state index in [0.29, 0.717) is 42.9 Å². The van der Waals surface area contributed by atoms with Crippen molar-refractivity contribution in [2.45, 2.75) is 32.2 Å². The fraction of sp³-hybridized carbons (Fsp3) is 0.579. The number of nitrogens with one attached hydrogen (secondary N) is 1. The molecule has 1 aromatic carbocycles. The summed E-state index contributed by atoms with van der Waals surface area (Å²) in [7, 11) is 0. The van der Waals surface area contributed by atoms with Gasteiger partial charge in [0.1, 0.15) is 0 Å². The topological polar surface area (TPSA) is 61.9 Å². The van der Waals surface area contributed by atoms with Gasteiger partial charge in [0.15, 0.2) is 0 Å². The summed E-state index contributed by atoms with van der Waals surface area (Å²) in [6.45, 7) is 5.43. The number of morpholine rings is 1. The summed E-state index contributed by atoms with van der Waals surface area (Å²) in [6, 6.07) is 5.53. The molecular formula is C19H26ClN3O3. The molecule has 2 heterocycles. The Morgan fingerprint density at radius 1 is 1.23 bits per heavy atom. The molecule has 0 spiro atoms. The Kier molecular flexibility index (Phi) is 6.38. The van der Waals surface area contributed by atoms with Gasteiger partial charge in [-0.2, -0.15) is 0 Å². The van der Waals surface area contributed by atoms with Crippen LogP contribution >= 0.6 is 11.6 Å². The Bertz CT molecular complexity index is 661. The highest BCUT2D eigenvalue weighted by Gasteiger charge is 2.23. The van der Waals surface area contributed by atoms with Gasteiger partial charge in [0.2, 0.25) is 5.91 Å². The molecule has 2 fully saturated rings. The minimum Gasteiger partial charge on any atom is -0.378 e. The minimum absolute atomic E-state index is 0.0805. The number of carbonyl (C=O) groups is 2. The van der Waals surface area contributed by atoms with Crippen molar-refractivity contribution in [2.75, 3.05) is 44.7 Å². The third-order valence-electron chi connectivity index (χ3n) is 5.06. The van der Waals surface area contributed by atoms with Crippen LogP contribution in [-0.2, 0) is 9.53 Å². The first kappa shape index (κ1) is 19.0. The largest absolute Gasteiger partial charge is 0.378 e. The summed E-state index contributed by atoms with van der Waals surface area (Å²) < 4.78 is 5.27. The highest BCUT2D eigenvalue weighted by Crippen LogP contribution is 2.23. The van der Waals surface area contributed by atoms with Crippen molar-refractivity contribution in [3.63, 3.8) is 0 Å². The summed E-state index contributed by atoms with van der Waals surface area (Å²) in [5, 5.41) is 3.52. The molecule has 6 nitrogen and oxygen atoms in total. The van der Waals surface area contributed by atoms with E-state index in [-0.39, 0.29) is 18.4 Å². The Morgan fingerprint density at radius 3 is 2.69 bits per heavy atom. The van der Waals surface area contributed by atoms with Crippen LogP contribution in [0.1, 0.15) is 36.5 Å². The zero-order valence-electron chi connectivity index (χ0n) is 15.2. The number of likely N-dealkylation sites (tertiary alicyclic amines) is 1. The van der Waals surface area contributed by atoms with Crippen LogP contribution in [0.15, 0.2) is 18.2 Å². The number of benzene rings is 1. The molecule has 2 amide bonds. The molecule has 0 bridgehead atoms. The first-order chi connectivity index (χ1) is 12.6. The SMILES string of the molecule is CC1CCCCN1C(=O)CNc1ccc(C(=O)N2CCOCC2)c(Cl)c1. The van der Waals surface area contributed by atoms with Crippen molar-refractivity contribution in [3.05, 3.63) is 28.8 Å². The molecular weight excluding hydrogens is 354 g/mol. The molecule has 142 valence electrons. The molecule has 1 atom stereocenters. The maximum Gasteiger partial charge on any atom is 0.255 e. The van der Waals surface area contributed by atoms with Crippen molar-refractivity contribution in [1.82, 2.24) is 9.80 Å². The third kappa shape index (κ3) is 4.48. The Morgan fingerprint density at radius 2 is 2.00 bits per heavy atom. The van der Waals surface area contributed by atoms with Gasteiger partial charge in [-0.15, -0.1) is 0 Å². The first-order valence-electron chi connectivity index (χ1n) is 9.26. The van der Waals surface area contributed by atoms with Gasteiger partial charge in [0.05, 0.1) is 30.3 Å². The minimum atomic E-state index is -0.0805. The van der Waals surface area contributed by atoms with Crippen molar-refractivity contribution in [2.24, 2.45) is 0 Å². The quantitative estimate of drug-likeness (QED) is 0.873. The molecule has 0 saturated carbocycles. The molecule has 0 radical (unpaired) electrons. The van der Waals surface area contributed by atoms with Crippen LogP contribution in [0.3, 0.4) is 0 Å². The number of hydrogen-bond donors (Lipinski definition) is 1. The zero-order chi connectivity index (χ0) is 18.5. The molecule has 2 saturated heterocycles. The van der Waals surface area contributed by atoms with Crippen LogP contribution < -0.4 is 5.32 Å². The number of nitrogens with zero attached hydrogens (tertiary/aromatic N) is 2. The summed E-state index contributed by atoms with van der Waals surface area (Å²) in [6.07, 6.45) is 3.32. The molecule has 1 aromatic rings. The van der Waals surface area contributed by atoms with Crippen LogP contribution in [-0.4, -0.2) is 67.0 Å². The molecule has 2 aliphatic rings. The lowest BCUT2D eigenvalue weighted by Gasteiger charge is -2.33. The van der Waals surface area contributed by atoms with Gasteiger partial charge in [0.25, 0.3) is 5.91 Å². The van der Waals surface area contributed by atoms with Crippen molar-refractivity contribution < 1.29 is 14.3 Å². The van der Waals surface area contributed by atoms with E-state index in [2.05, 4.69) is 12.2 Å². The Balaban J connectivity index is 1.58. The number of carbonyl (C=O) groups excluding carboxylic acids is 2. The summed E-state index contributed by atoms with van der Waals surface area (Å²) in [4.78, 5) is 28.6. The van der Waals surface area contributed by atoms with Crippen LogP contribution in [0.4, 0.5) is 5.69 Å². The van der Waals surface area contributed by atoms with Gasteiger partial charge in [-0.1, -0.05) is 11.6 Å². The maximum atomic E-state index is 12.5. The van der Waals surface area contributed by atoms with Crippen LogP contribution in [0, 0.1) is 0 Å². The number of anilines is 1. The van der Waals surface area contributed by atoms with E-state index < -0.39 is 0 Å². The molecule has 7 heteroatoms. The number of hydrogen-bond acceptors (Lipinski definition) is 4. The molecule has 26 heavy (non-hydrogen) atoms. The highest BCUT2D eigenvalue weighted by atomic mass is 35.5. The van der Waals surface area contributed by atoms with E-state index in [0.717, 1.165) is 25.1 Å². The van der Waals surface area contributed by atoms with Gasteiger partial charge in [-0.25, -0.2) is 0 Å². The predicted molar refractivity (Wildman–Crippen MR) is 102 cm³/mol. The highest BCUT2D eigenvalue weighted by molar-refractivity contribution is 6.34. The van der Waals surface area contributed by atoms with Crippen molar-refractivity contribution in [3.8, 4) is 0 Å². The van der Waals surface area contributed by atoms with Gasteiger partial charge in [-0.05, 0) is 44.4 Å².